The Labute approximate surface area is 147 Å². The van der Waals surface area contributed by atoms with Crippen molar-refractivity contribution in [2.75, 3.05) is 5.32 Å². The number of nitrogens with one attached hydrogen (secondary N) is 1. The van der Waals surface area contributed by atoms with Gasteiger partial charge in [-0.3, -0.25) is 20.2 Å². The number of nitro groups is 1. The van der Waals surface area contributed by atoms with Gasteiger partial charge in [0, 0.05) is 23.1 Å². The van der Waals surface area contributed by atoms with Crippen molar-refractivity contribution in [1.82, 2.24) is 4.98 Å². The summed E-state index contributed by atoms with van der Waals surface area (Å²) in [7, 11) is 0. The molecule has 3 rings (SSSR count). The maximum absolute atomic E-state index is 12.0. The normalized spacial score (nSPS) is 10.7. The van der Waals surface area contributed by atoms with Crippen LogP contribution >= 0.6 is 11.3 Å². The molecule has 2 aromatic carbocycles. The van der Waals surface area contributed by atoms with Crippen LogP contribution in [0.5, 0.6) is 0 Å². The summed E-state index contributed by atoms with van der Waals surface area (Å²) in [5.41, 5.74) is 2.07. The molecule has 1 heterocycles. The highest BCUT2D eigenvalue weighted by Gasteiger charge is 2.10. The number of nitro benzene ring substituents is 1. The Morgan fingerprint density at radius 1 is 1.12 bits per heavy atom. The van der Waals surface area contributed by atoms with Crippen LogP contribution in [-0.4, -0.2) is 15.8 Å². The van der Waals surface area contributed by atoms with Crippen LogP contribution in [0.1, 0.15) is 5.56 Å². The average Bonchev–Trinajstić information content (AvgIpc) is 3.09. The first-order chi connectivity index (χ1) is 12.1. The molecule has 3 aromatic rings. The van der Waals surface area contributed by atoms with Crippen molar-refractivity contribution in [3.05, 3.63) is 81.7 Å². The summed E-state index contributed by atoms with van der Waals surface area (Å²) in [6.45, 7) is 0. The zero-order valence-electron chi connectivity index (χ0n) is 13.0. The van der Waals surface area contributed by atoms with Crippen LogP contribution in [0, 0.1) is 10.1 Å². The number of hydrogen-bond donors (Lipinski definition) is 1. The third-order valence-corrected chi connectivity index (χ3v) is 4.11. The number of nitrogens with zero attached hydrogens (tertiary/aromatic N) is 2. The molecule has 0 unspecified atom stereocenters. The van der Waals surface area contributed by atoms with Gasteiger partial charge in [-0.2, -0.15) is 0 Å². The quantitative estimate of drug-likeness (QED) is 0.420. The number of carbonyl (C=O) groups excluding carboxylic acids is 1. The first-order valence-electron chi connectivity index (χ1n) is 7.37. The van der Waals surface area contributed by atoms with Crippen LogP contribution in [0.3, 0.4) is 0 Å². The molecule has 0 aliphatic rings. The first kappa shape index (κ1) is 16.5. The molecule has 6 nitrogen and oxygen atoms in total. The van der Waals surface area contributed by atoms with Gasteiger partial charge in [-0.05, 0) is 12.1 Å². The Kier molecular flexibility index (Phi) is 4.96. The van der Waals surface area contributed by atoms with E-state index in [4.69, 9.17) is 0 Å². The maximum Gasteiger partial charge on any atom is 0.276 e. The minimum atomic E-state index is -0.482. The van der Waals surface area contributed by atoms with Crippen LogP contribution in [-0.2, 0) is 4.79 Å². The van der Waals surface area contributed by atoms with Gasteiger partial charge in [0.1, 0.15) is 0 Å². The first-order valence-corrected chi connectivity index (χ1v) is 8.25. The lowest BCUT2D eigenvalue weighted by atomic mass is 10.1. The highest BCUT2D eigenvalue weighted by atomic mass is 32.1. The fraction of sp³-hybridized carbons (Fsp3) is 0. The molecule has 0 bridgehead atoms. The molecule has 0 aliphatic heterocycles. The van der Waals surface area contributed by atoms with Gasteiger partial charge >= 0.3 is 0 Å². The maximum atomic E-state index is 12.0. The number of benzene rings is 2. The molecule has 0 spiro atoms. The fourth-order valence-electron chi connectivity index (χ4n) is 2.18. The molecule has 25 heavy (non-hydrogen) atoms. The summed E-state index contributed by atoms with van der Waals surface area (Å²) in [4.78, 5) is 26.9. The predicted octanol–water partition coefficient (Wildman–Crippen LogP) is 4.37. The molecule has 0 fully saturated rings. The van der Waals surface area contributed by atoms with E-state index in [9.17, 15) is 14.9 Å². The van der Waals surface area contributed by atoms with Gasteiger partial charge in [-0.1, -0.05) is 42.5 Å². The third kappa shape index (κ3) is 4.15. The van der Waals surface area contributed by atoms with Crippen molar-refractivity contribution < 1.29 is 9.72 Å². The van der Waals surface area contributed by atoms with Gasteiger partial charge in [0.2, 0.25) is 5.91 Å². The Hall–Kier alpha value is -3.32. The van der Waals surface area contributed by atoms with Gasteiger partial charge in [0.15, 0.2) is 5.13 Å². The Balaban J connectivity index is 1.69. The summed E-state index contributed by atoms with van der Waals surface area (Å²) in [6.07, 6.45) is 2.67. The summed E-state index contributed by atoms with van der Waals surface area (Å²) >= 11 is 1.32. The predicted molar refractivity (Wildman–Crippen MR) is 98.3 cm³/mol. The molecule has 0 atom stereocenters. The summed E-state index contributed by atoms with van der Waals surface area (Å²) < 4.78 is 0. The molecular weight excluding hydrogens is 338 g/mol. The minimum absolute atomic E-state index is 0.0489. The summed E-state index contributed by atoms with van der Waals surface area (Å²) in [6, 6.07) is 15.9. The van der Waals surface area contributed by atoms with Gasteiger partial charge < -0.3 is 0 Å². The number of hydrogen-bond acceptors (Lipinski definition) is 5. The van der Waals surface area contributed by atoms with E-state index in [1.54, 1.807) is 18.2 Å². The Morgan fingerprint density at radius 2 is 1.84 bits per heavy atom. The van der Waals surface area contributed by atoms with E-state index in [-0.39, 0.29) is 5.69 Å². The van der Waals surface area contributed by atoms with E-state index < -0.39 is 10.8 Å². The number of rotatable bonds is 5. The molecule has 1 amide bonds. The highest BCUT2D eigenvalue weighted by Crippen LogP contribution is 2.24. The average molecular weight is 351 g/mol. The zero-order valence-corrected chi connectivity index (χ0v) is 13.8. The second kappa shape index (κ2) is 7.50. The lowest BCUT2D eigenvalue weighted by molar-refractivity contribution is -0.385. The van der Waals surface area contributed by atoms with Gasteiger partial charge in [0.05, 0.1) is 16.2 Å². The van der Waals surface area contributed by atoms with Crippen molar-refractivity contribution >= 4 is 34.1 Å². The molecule has 1 N–H and O–H groups in total. The number of carbonyl (C=O) groups is 1. The van der Waals surface area contributed by atoms with Crippen LogP contribution in [0.15, 0.2) is 66.1 Å². The summed E-state index contributed by atoms with van der Waals surface area (Å²) in [5, 5.41) is 15.9. The Bertz CT molecular complexity index is 936. The molecule has 1 aromatic heterocycles. The van der Waals surface area contributed by atoms with E-state index in [2.05, 4.69) is 10.3 Å². The standard InChI is InChI=1S/C18H13N3O3S/c22-17(11-10-14-8-4-5-9-16(14)21(23)24)20-18-19-15(12-25-18)13-6-2-1-3-7-13/h1-12H,(H,19,20,22). The van der Waals surface area contributed by atoms with E-state index >= 15 is 0 Å². The lowest BCUT2D eigenvalue weighted by Crippen LogP contribution is -2.07. The van der Waals surface area contributed by atoms with Gasteiger partial charge in [0.25, 0.3) is 5.69 Å². The largest absolute Gasteiger partial charge is 0.298 e. The smallest absolute Gasteiger partial charge is 0.276 e. The van der Waals surface area contributed by atoms with Crippen molar-refractivity contribution in [1.29, 1.82) is 0 Å². The van der Waals surface area contributed by atoms with Gasteiger partial charge in [-0.15, -0.1) is 11.3 Å². The SMILES string of the molecule is O=C(C=Cc1ccccc1[N+](=O)[O-])Nc1nc(-c2ccccc2)cs1. The monoisotopic (exact) mass is 351 g/mol. The molecule has 7 heteroatoms. The second-order valence-corrected chi connectivity index (χ2v) is 5.90. The highest BCUT2D eigenvalue weighted by molar-refractivity contribution is 7.14. The number of amides is 1. The minimum Gasteiger partial charge on any atom is -0.298 e. The molecule has 0 saturated heterocycles. The number of aromatic nitrogens is 1. The molecule has 0 radical (unpaired) electrons. The topological polar surface area (TPSA) is 85.1 Å². The van der Waals surface area contributed by atoms with E-state index in [0.717, 1.165) is 11.3 Å². The van der Waals surface area contributed by atoms with Crippen molar-refractivity contribution in [2.24, 2.45) is 0 Å². The second-order valence-electron chi connectivity index (χ2n) is 5.04. The van der Waals surface area contributed by atoms with Crippen molar-refractivity contribution in [3.63, 3.8) is 0 Å². The number of thiazole rings is 1. The van der Waals surface area contributed by atoms with Crippen LogP contribution in [0.4, 0.5) is 10.8 Å². The molecule has 0 aliphatic carbocycles. The van der Waals surface area contributed by atoms with Crippen LogP contribution in [0.25, 0.3) is 17.3 Å². The van der Waals surface area contributed by atoms with Crippen LogP contribution in [0.2, 0.25) is 0 Å². The van der Waals surface area contributed by atoms with E-state index in [1.165, 1.54) is 29.6 Å². The fourth-order valence-corrected chi connectivity index (χ4v) is 2.90. The lowest BCUT2D eigenvalue weighted by Gasteiger charge is -1.98. The zero-order chi connectivity index (χ0) is 17.6. The number of anilines is 1. The molecule has 124 valence electrons. The van der Waals surface area contributed by atoms with Crippen molar-refractivity contribution in [3.8, 4) is 11.3 Å². The van der Waals surface area contributed by atoms with E-state index in [0.29, 0.717) is 10.7 Å². The Morgan fingerprint density at radius 3 is 2.60 bits per heavy atom. The van der Waals surface area contributed by atoms with Crippen LogP contribution < -0.4 is 5.32 Å². The molecule has 0 saturated carbocycles. The van der Waals surface area contributed by atoms with Gasteiger partial charge in [-0.25, -0.2) is 4.98 Å². The third-order valence-electron chi connectivity index (χ3n) is 3.35. The molecular formula is C18H13N3O3S. The van der Waals surface area contributed by atoms with Crippen molar-refractivity contribution in [2.45, 2.75) is 0 Å². The van der Waals surface area contributed by atoms with E-state index in [1.807, 2.05) is 35.7 Å². The number of para-hydroxylation sites is 1. The summed E-state index contributed by atoms with van der Waals surface area (Å²) in [5.74, 6) is -0.396.